The van der Waals surface area contributed by atoms with Crippen molar-refractivity contribution in [2.75, 3.05) is 6.54 Å². The Morgan fingerprint density at radius 2 is 1.78 bits per heavy atom. The van der Waals surface area contributed by atoms with Crippen LogP contribution in [0.15, 0.2) is 24.3 Å². The molecule has 0 amide bonds. The predicted molar refractivity (Wildman–Crippen MR) is 82.8 cm³/mol. The van der Waals surface area contributed by atoms with Gasteiger partial charge in [-0.25, -0.2) is 0 Å². The summed E-state index contributed by atoms with van der Waals surface area (Å²) in [5.41, 5.74) is 1.42. The normalized spacial score (nSPS) is 12.9. The van der Waals surface area contributed by atoms with Crippen LogP contribution in [0.25, 0.3) is 0 Å². The first kappa shape index (κ1) is 16.0. The van der Waals surface area contributed by atoms with Gasteiger partial charge in [0.25, 0.3) is 0 Å². The molecule has 1 rings (SSSR count). The van der Waals surface area contributed by atoms with E-state index in [4.69, 9.17) is 0 Å². The van der Waals surface area contributed by atoms with E-state index in [-0.39, 0.29) is 20.9 Å². The monoisotopic (exact) mass is 363 g/mol. The van der Waals surface area contributed by atoms with Crippen LogP contribution in [-0.2, 0) is 0 Å². The molecule has 102 valence electrons. The first-order chi connectivity index (χ1) is 8.63. The Bertz CT molecular complexity index is 318. The summed E-state index contributed by atoms with van der Waals surface area (Å²) in [6.07, 6.45) is 2.73. The standard InChI is InChI=1S/C16H27NTe/c1-5-6-11-18-16-9-7-15(8-10-16)14(4)17-12-13(2)3/h7-10,13-14,17H,5-6,11-12H2,1-4H3. The first-order valence-electron chi connectivity index (χ1n) is 7.09. The average Bonchev–Trinajstić information content (AvgIpc) is 2.37. The van der Waals surface area contributed by atoms with Crippen LogP contribution in [-0.4, -0.2) is 27.5 Å². The summed E-state index contributed by atoms with van der Waals surface area (Å²) < 4.78 is 3.05. The molecule has 0 aliphatic heterocycles. The van der Waals surface area contributed by atoms with Crippen molar-refractivity contribution in [2.45, 2.75) is 51.0 Å². The van der Waals surface area contributed by atoms with Gasteiger partial charge in [-0.1, -0.05) is 0 Å². The summed E-state index contributed by atoms with van der Waals surface area (Å²) in [7, 11) is 0. The number of hydrogen-bond donors (Lipinski definition) is 1. The second-order valence-electron chi connectivity index (χ2n) is 5.29. The molecule has 0 aliphatic carbocycles. The molecule has 0 saturated heterocycles. The fourth-order valence-electron chi connectivity index (χ4n) is 1.72. The van der Waals surface area contributed by atoms with Gasteiger partial charge >= 0.3 is 123 Å². The molecule has 0 aliphatic rings. The molecule has 0 bridgehead atoms. The van der Waals surface area contributed by atoms with Crippen LogP contribution in [0.2, 0.25) is 4.47 Å². The molecule has 1 aromatic rings. The van der Waals surface area contributed by atoms with Crippen LogP contribution in [0.1, 0.15) is 52.1 Å². The topological polar surface area (TPSA) is 12.0 Å². The molecule has 0 spiro atoms. The fourth-order valence-corrected chi connectivity index (χ4v) is 4.56. The van der Waals surface area contributed by atoms with Crippen LogP contribution in [0.5, 0.6) is 0 Å². The summed E-state index contributed by atoms with van der Waals surface area (Å²) in [6.45, 7) is 10.1. The molecular weight excluding hydrogens is 334 g/mol. The zero-order valence-corrected chi connectivity index (χ0v) is 14.5. The Balaban J connectivity index is 2.43. The van der Waals surface area contributed by atoms with E-state index in [9.17, 15) is 0 Å². The molecule has 0 fully saturated rings. The number of nitrogens with one attached hydrogen (secondary N) is 1. The van der Waals surface area contributed by atoms with E-state index in [1.54, 1.807) is 3.61 Å². The molecule has 2 heteroatoms. The van der Waals surface area contributed by atoms with Crippen molar-refractivity contribution in [3.63, 3.8) is 0 Å². The van der Waals surface area contributed by atoms with Crippen molar-refractivity contribution in [3.8, 4) is 0 Å². The van der Waals surface area contributed by atoms with E-state index in [2.05, 4.69) is 57.3 Å². The molecule has 0 radical (unpaired) electrons. The first-order valence-corrected chi connectivity index (χ1v) is 9.91. The van der Waals surface area contributed by atoms with Crippen molar-refractivity contribution in [1.29, 1.82) is 0 Å². The van der Waals surface area contributed by atoms with Crippen LogP contribution in [0, 0.1) is 5.92 Å². The third-order valence-corrected chi connectivity index (χ3v) is 6.11. The van der Waals surface area contributed by atoms with Crippen molar-refractivity contribution in [3.05, 3.63) is 29.8 Å². The molecule has 1 nitrogen and oxygen atoms in total. The number of unbranched alkanes of at least 4 members (excludes halogenated alkanes) is 1. The summed E-state index contributed by atoms with van der Waals surface area (Å²) in [5, 5.41) is 3.58. The van der Waals surface area contributed by atoms with Gasteiger partial charge in [0, 0.05) is 0 Å². The van der Waals surface area contributed by atoms with E-state index < -0.39 is 0 Å². The molecule has 0 saturated carbocycles. The van der Waals surface area contributed by atoms with Crippen molar-refractivity contribution < 1.29 is 0 Å². The van der Waals surface area contributed by atoms with E-state index >= 15 is 0 Å². The van der Waals surface area contributed by atoms with Crippen molar-refractivity contribution in [2.24, 2.45) is 5.92 Å². The van der Waals surface area contributed by atoms with Crippen LogP contribution < -0.4 is 8.93 Å². The van der Waals surface area contributed by atoms with Gasteiger partial charge in [-0.05, 0) is 0 Å². The number of benzene rings is 1. The zero-order chi connectivity index (χ0) is 13.4. The summed E-state index contributed by atoms with van der Waals surface area (Å²) in [4.78, 5) is 0. The Hall–Kier alpha value is -0.0304. The van der Waals surface area contributed by atoms with Gasteiger partial charge in [-0.3, -0.25) is 0 Å². The van der Waals surface area contributed by atoms with E-state index in [0.717, 1.165) is 6.54 Å². The molecule has 0 aromatic heterocycles. The third-order valence-electron chi connectivity index (χ3n) is 2.98. The maximum absolute atomic E-state index is 3.58. The maximum atomic E-state index is 3.58. The van der Waals surface area contributed by atoms with E-state index in [0.29, 0.717) is 12.0 Å². The number of hydrogen-bond acceptors (Lipinski definition) is 1. The fraction of sp³-hybridized carbons (Fsp3) is 0.625. The number of rotatable bonds is 8. The summed E-state index contributed by atoms with van der Waals surface area (Å²) in [6, 6.07) is 9.79. The Labute approximate surface area is 123 Å². The second-order valence-corrected chi connectivity index (χ2v) is 8.63. The summed E-state index contributed by atoms with van der Waals surface area (Å²) >= 11 is 0.0711. The van der Waals surface area contributed by atoms with Gasteiger partial charge in [0.15, 0.2) is 0 Å². The van der Waals surface area contributed by atoms with Crippen LogP contribution >= 0.6 is 0 Å². The van der Waals surface area contributed by atoms with E-state index in [1.165, 1.54) is 22.9 Å². The Morgan fingerprint density at radius 1 is 1.11 bits per heavy atom. The molecule has 1 aromatic carbocycles. The van der Waals surface area contributed by atoms with Crippen molar-refractivity contribution >= 4 is 24.5 Å². The van der Waals surface area contributed by atoms with Crippen molar-refractivity contribution in [1.82, 2.24) is 5.32 Å². The summed E-state index contributed by atoms with van der Waals surface area (Å²) in [5.74, 6) is 0.715. The van der Waals surface area contributed by atoms with Gasteiger partial charge in [0.1, 0.15) is 0 Å². The zero-order valence-electron chi connectivity index (χ0n) is 12.2. The Morgan fingerprint density at radius 3 is 2.33 bits per heavy atom. The second kappa shape index (κ2) is 8.97. The third kappa shape index (κ3) is 6.23. The van der Waals surface area contributed by atoms with Gasteiger partial charge in [0.2, 0.25) is 0 Å². The molecular formula is C16H27NTe. The predicted octanol–water partition coefficient (Wildman–Crippen LogP) is 3.54. The quantitative estimate of drug-likeness (QED) is 0.552. The minimum absolute atomic E-state index is 0.0711. The van der Waals surface area contributed by atoms with E-state index in [1.807, 2.05) is 0 Å². The molecule has 0 heterocycles. The molecule has 1 unspecified atom stereocenters. The van der Waals surface area contributed by atoms with Gasteiger partial charge in [0.05, 0.1) is 0 Å². The molecule has 18 heavy (non-hydrogen) atoms. The molecule has 1 N–H and O–H groups in total. The van der Waals surface area contributed by atoms with Crippen LogP contribution in [0.4, 0.5) is 0 Å². The van der Waals surface area contributed by atoms with Gasteiger partial charge in [-0.15, -0.1) is 0 Å². The minimum atomic E-state index is 0.0711. The average molecular weight is 361 g/mol. The van der Waals surface area contributed by atoms with Crippen LogP contribution in [0.3, 0.4) is 0 Å². The SMILES string of the molecule is CCCC[Te]c1ccc(C(C)NCC(C)C)cc1. The molecule has 1 atom stereocenters. The Kier molecular flexibility index (Phi) is 7.98. The van der Waals surface area contributed by atoms with Gasteiger partial charge < -0.3 is 0 Å². The van der Waals surface area contributed by atoms with Gasteiger partial charge in [-0.2, -0.15) is 0 Å².